The number of amides is 1. The number of methoxy groups -OCH3 is 1. The van der Waals surface area contributed by atoms with Crippen LogP contribution in [0, 0.1) is 0 Å². The van der Waals surface area contributed by atoms with Crippen molar-refractivity contribution in [3.8, 4) is 0 Å². The summed E-state index contributed by atoms with van der Waals surface area (Å²) >= 11 is 6.10. The summed E-state index contributed by atoms with van der Waals surface area (Å²) in [5.74, 6) is -0.0185. The van der Waals surface area contributed by atoms with Gasteiger partial charge in [0.2, 0.25) is 5.91 Å². The number of nitrogens with one attached hydrogen (secondary N) is 2. The molecule has 0 fully saturated rings. The highest BCUT2D eigenvalue weighted by Crippen LogP contribution is 2.21. The number of carbonyl (C=O) groups excluding carboxylic acids is 1. The van der Waals surface area contributed by atoms with Crippen LogP contribution in [0.1, 0.15) is 24.9 Å². The summed E-state index contributed by atoms with van der Waals surface area (Å²) in [7, 11) is 1.65. The van der Waals surface area contributed by atoms with Crippen molar-refractivity contribution in [3.05, 3.63) is 34.9 Å². The lowest BCUT2D eigenvalue weighted by atomic mass is 10.1. The number of ether oxygens (including phenoxy) is 1. The number of benzene rings is 1. The van der Waals surface area contributed by atoms with E-state index in [1.165, 1.54) is 0 Å². The molecule has 1 rings (SSSR count). The largest absolute Gasteiger partial charge is 0.385 e. The van der Waals surface area contributed by atoms with E-state index >= 15 is 0 Å². The van der Waals surface area contributed by atoms with Crippen molar-refractivity contribution in [1.29, 1.82) is 0 Å². The Labute approximate surface area is 119 Å². The van der Waals surface area contributed by atoms with Crippen LogP contribution in [0.25, 0.3) is 0 Å². The Kier molecular flexibility index (Phi) is 7.48. The number of carbonyl (C=O) groups is 1. The highest BCUT2D eigenvalue weighted by Gasteiger charge is 2.09. The lowest BCUT2D eigenvalue weighted by molar-refractivity contribution is -0.120. The summed E-state index contributed by atoms with van der Waals surface area (Å²) in [5, 5.41) is 6.69. The van der Waals surface area contributed by atoms with Crippen molar-refractivity contribution in [2.45, 2.75) is 19.4 Å². The van der Waals surface area contributed by atoms with E-state index in [1.807, 2.05) is 31.2 Å². The van der Waals surface area contributed by atoms with E-state index in [1.54, 1.807) is 7.11 Å². The predicted molar refractivity (Wildman–Crippen MR) is 77.4 cm³/mol. The van der Waals surface area contributed by atoms with Crippen molar-refractivity contribution in [2.75, 3.05) is 26.8 Å². The van der Waals surface area contributed by atoms with Crippen molar-refractivity contribution in [3.63, 3.8) is 0 Å². The van der Waals surface area contributed by atoms with Crippen LogP contribution in [0.15, 0.2) is 24.3 Å². The Bertz CT molecular complexity index is 399. The van der Waals surface area contributed by atoms with E-state index in [0.29, 0.717) is 18.2 Å². The highest BCUT2D eigenvalue weighted by atomic mass is 35.5. The minimum atomic E-state index is -0.0185. The quantitative estimate of drug-likeness (QED) is 0.719. The Balaban J connectivity index is 2.28. The number of rotatable bonds is 8. The van der Waals surface area contributed by atoms with E-state index in [9.17, 15) is 4.79 Å². The predicted octanol–water partition coefficient (Wildman–Crippen LogP) is 2.14. The molecule has 1 atom stereocenters. The molecule has 0 radical (unpaired) electrons. The molecule has 4 nitrogen and oxygen atoms in total. The van der Waals surface area contributed by atoms with Gasteiger partial charge in [-0.15, -0.1) is 0 Å². The standard InChI is InChI=1S/C14H21ClN2O2/c1-11(12-6-3-4-7-13(12)15)17-10-14(18)16-8-5-9-19-2/h3-4,6-7,11,17H,5,8-10H2,1-2H3,(H,16,18). The topological polar surface area (TPSA) is 50.4 Å². The lowest BCUT2D eigenvalue weighted by Crippen LogP contribution is -2.35. The van der Waals surface area contributed by atoms with Gasteiger partial charge in [-0.2, -0.15) is 0 Å². The van der Waals surface area contributed by atoms with Crippen LogP contribution in [-0.2, 0) is 9.53 Å². The Morgan fingerprint density at radius 1 is 1.42 bits per heavy atom. The minimum Gasteiger partial charge on any atom is -0.385 e. The van der Waals surface area contributed by atoms with Crippen molar-refractivity contribution >= 4 is 17.5 Å². The summed E-state index contributed by atoms with van der Waals surface area (Å²) in [6, 6.07) is 7.67. The van der Waals surface area contributed by atoms with E-state index in [0.717, 1.165) is 12.0 Å². The van der Waals surface area contributed by atoms with Crippen LogP contribution in [0.4, 0.5) is 0 Å². The Hall–Kier alpha value is -1.10. The SMILES string of the molecule is COCCCNC(=O)CNC(C)c1ccccc1Cl. The second-order valence-electron chi connectivity index (χ2n) is 4.32. The maximum absolute atomic E-state index is 11.6. The van der Waals surface area contributed by atoms with Crippen LogP contribution >= 0.6 is 11.6 Å². The average molecular weight is 285 g/mol. The number of hydrogen-bond acceptors (Lipinski definition) is 3. The first-order valence-corrected chi connectivity index (χ1v) is 6.76. The molecule has 0 aliphatic rings. The van der Waals surface area contributed by atoms with Crippen LogP contribution in [0.3, 0.4) is 0 Å². The van der Waals surface area contributed by atoms with E-state index in [4.69, 9.17) is 16.3 Å². The third-order valence-corrected chi connectivity index (χ3v) is 3.13. The van der Waals surface area contributed by atoms with Crippen molar-refractivity contribution in [1.82, 2.24) is 10.6 Å². The van der Waals surface area contributed by atoms with Crippen LogP contribution < -0.4 is 10.6 Å². The van der Waals surface area contributed by atoms with Gasteiger partial charge in [0.05, 0.1) is 6.54 Å². The molecule has 5 heteroatoms. The molecule has 1 aromatic rings. The zero-order valence-electron chi connectivity index (χ0n) is 11.4. The van der Waals surface area contributed by atoms with Crippen molar-refractivity contribution in [2.24, 2.45) is 0 Å². The number of halogens is 1. The van der Waals surface area contributed by atoms with Gasteiger partial charge in [0.15, 0.2) is 0 Å². The second-order valence-corrected chi connectivity index (χ2v) is 4.73. The zero-order chi connectivity index (χ0) is 14.1. The van der Waals surface area contributed by atoms with E-state index in [-0.39, 0.29) is 18.5 Å². The highest BCUT2D eigenvalue weighted by molar-refractivity contribution is 6.31. The first-order valence-electron chi connectivity index (χ1n) is 6.38. The summed E-state index contributed by atoms with van der Waals surface area (Å²) in [5.41, 5.74) is 0.997. The van der Waals surface area contributed by atoms with Crippen LogP contribution in [0.2, 0.25) is 5.02 Å². The summed E-state index contributed by atoms with van der Waals surface area (Å²) in [6.45, 7) is 3.55. The maximum Gasteiger partial charge on any atom is 0.233 e. The molecular weight excluding hydrogens is 264 g/mol. The van der Waals surface area contributed by atoms with E-state index < -0.39 is 0 Å². The normalized spacial score (nSPS) is 12.2. The lowest BCUT2D eigenvalue weighted by Gasteiger charge is -2.15. The zero-order valence-corrected chi connectivity index (χ0v) is 12.2. The molecule has 0 aromatic heterocycles. The van der Waals surface area contributed by atoms with Crippen LogP contribution in [-0.4, -0.2) is 32.7 Å². The average Bonchev–Trinajstić information content (AvgIpc) is 2.41. The molecule has 0 aliphatic carbocycles. The number of hydrogen-bond donors (Lipinski definition) is 2. The fourth-order valence-corrected chi connectivity index (χ4v) is 1.99. The second kappa shape index (κ2) is 8.91. The molecule has 106 valence electrons. The molecule has 0 heterocycles. The molecule has 1 unspecified atom stereocenters. The molecular formula is C14H21ClN2O2. The summed E-state index contributed by atoms with van der Waals surface area (Å²) in [4.78, 5) is 11.6. The fraction of sp³-hybridized carbons (Fsp3) is 0.500. The third-order valence-electron chi connectivity index (χ3n) is 2.79. The van der Waals surface area contributed by atoms with Gasteiger partial charge < -0.3 is 15.4 Å². The smallest absolute Gasteiger partial charge is 0.233 e. The van der Waals surface area contributed by atoms with Gasteiger partial charge in [0.1, 0.15) is 0 Å². The molecule has 0 aliphatic heterocycles. The van der Waals surface area contributed by atoms with Gasteiger partial charge in [-0.05, 0) is 25.0 Å². The summed E-state index contributed by atoms with van der Waals surface area (Å²) < 4.78 is 4.91. The third kappa shape index (κ3) is 6.05. The molecule has 0 bridgehead atoms. The molecule has 19 heavy (non-hydrogen) atoms. The van der Waals surface area contributed by atoms with E-state index in [2.05, 4.69) is 10.6 Å². The molecule has 0 saturated carbocycles. The van der Waals surface area contributed by atoms with Gasteiger partial charge >= 0.3 is 0 Å². The molecule has 0 saturated heterocycles. The molecule has 0 spiro atoms. The maximum atomic E-state index is 11.6. The van der Waals surface area contributed by atoms with Gasteiger partial charge in [-0.1, -0.05) is 29.8 Å². The molecule has 1 aromatic carbocycles. The fourth-order valence-electron chi connectivity index (χ4n) is 1.69. The van der Waals surface area contributed by atoms with Gasteiger partial charge in [0, 0.05) is 31.3 Å². The monoisotopic (exact) mass is 284 g/mol. The Morgan fingerprint density at radius 3 is 2.84 bits per heavy atom. The molecule has 1 amide bonds. The molecule has 2 N–H and O–H groups in total. The first kappa shape index (κ1) is 16.0. The van der Waals surface area contributed by atoms with Gasteiger partial charge in [-0.3, -0.25) is 4.79 Å². The van der Waals surface area contributed by atoms with Crippen LogP contribution in [0.5, 0.6) is 0 Å². The first-order chi connectivity index (χ1) is 9.15. The van der Waals surface area contributed by atoms with Gasteiger partial charge in [0.25, 0.3) is 0 Å². The van der Waals surface area contributed by atoms with Crippen molar-refractivity contribution < 1.29 is 9.53 Å². The summed E-state index contributed by atoms with van der Waals surface area (Å²) in [6.07, 6.45) is 0.822. The minimum absolute atomic E-state index is 0.0185. The Morgan fingerprint density at radius 2 is 2.16 bits per heavy atom. The van der Waals surface area contributed by atoms with Gasteiger partial charge in [-0.25, -0.2) is 0 Å².